The highest BCUT2D eigenvalue weighted by Gasteiger charge is 2.30. The molecule has 3 rings (SSSR count). The highest BCUT2D eigenvalue weighted by Crippen LogP contribution is 2.30. The van der Waals surface area contributed by atoms with Crippen molar-refractivity contribution in [3.05, 3.63) is 53.8 Å². The molecule has 1 aliphatic heterocycles. The molecule has 2 aromatic rings. The quantitative estimate of drug-likeness (QED) is 0.782. The molecule has 1 fully saturated rings. The predicted molar refractivity (Wildman–Crippen MR) is 104 cm³/mol. The van der Waals surface area contributed by atoms with E-state index < -0.39 is 15.8 Å². The maximum atomic E-state index is 13.3. The minimum Gasteiger partial charge on any atom is -0.489 e. The SMILES string of the molecule is Cc1cc(F)ccc1S(=O)(=O)N1CCN(c2ccccc2OC(C)C)CC1. The van der Waals surface area contributed by atoms with Crippen molar-refractivity contribution in [2.75, 3.05) is 31.1 Å². The van der Waals surface area contributed by atoms with Gasteiger partial charge < -0.3 is 9.64 Å². The number of sulfonamides is 1. The summed E-state index contributed by atoms with van der Waals surface area (Å²) in [5.41, 5.74) is 1.40. The van der Waals surface area contributed by atoms with Gasteiger partial charge in [-0.15, -0.1) is 0 Å². The van der Waals surface area contributed by atoms with E-state index in [-0.39, 0.29) is 11.0 Å². The third-order valence-electron chi connectivity index (χ3n) is 4.56. The van der Waals surface area contributed by atoms with Gasteiger partial charge in [0, 0.05) is 26.2 Å². The number of nitrogens with zero attached hydrogens (tertiary/aromatic N) is 2. The molecule has 1 heterocycles. The Morgan fingerprint density at radius 2 is 1.70 bits per heavy atom. The number of piperazine rings is 1. The van der Waals surface area contributed by atoms with Crippen LogP contribution in [0.4, 0.5) is 10.1 Å². The van der Waals surface area contributed by atoms with Crippen molar-refractivity contribution in [1.29, 1.82) is 0 Å². The highest BCUT2D eigenvalue weighted by molar-refractivity contribution is 7.89. The molecule has 0 amide bonds. The van der Waals surface area contributed by atoms with Crippen LogP contribution >= 0.6 is 0 Å². The average molecular weight is 392 g/mol. The van der Waals surface area contributed by atoms with E-state index in [1.807, 2.05) is 38.1 Å². The normalized spacial score (nSPS) is 16.0. The lowest BCUT2D eigenvalue weighted by Crippen LogP contribution is -2.48. The lowest BCUT2D eigenvalue weighted by Gasteiger charge is -2.36. The first-order valence-corrected chi connectivity index (χ1v) is 10.5. The van der Waals surface area contributed by atoms with Gasteiger partial charge in [-0.2, -0.15) is 4.31 Å². The molecule has 0 saturated carbocycles. The van der Waals surface area contributed by atoms with Gasteiger partial charge in [0.15, 0.2) is 0 Å². The van der Waals surface area contributed by atoms with Crippen LogP contribution in [0.3, 0.4) is 0 Å². The summed E-state index contributed by atoms with van der Waals surface area (Å²) in [5.74, 6) is 0.371. The maximum absolute atomic E-state index is 13.3. The second-order valence-electron chi connectivity index (χ2n) is 6.94. The molecule has 0 radical (unpaired) electrons. The second-order valence-corrected chi connectivity index (χ2v) is 8.84. The fourth-order valence-corrected chi connectivity index (χ4v) is 4.91. The average Bonchev–Trinajstić information content (AvgIpc) is 2.61. The summed E-state index contributed by atoms with van der Waals surface area (Å²) in [6.07, 6.45) is 0.0641. The minimum absolute atomic E-state index is 0.0641. The zero-order valence-electron chi connectivity index (χ0n) is 15.9. The Kier molecular flexibility index (Phi) is 5.72. The number of ether oxygens (including phenoxy) is 1. The maximum Gasteiger partial charge on any atom is 0.243 e. The van der Waals surface area contributed by atoms with Crippen LogP contribution in [0, 0.1) is 12.7 Å². The summed E-state index contributed by atoms with van der Waals surface area (Å²) >= 11 is 0. The van der Waals surface area contributed by atoms with Gasteiger partial charge in [0.05, 0.1) is 16.7 Å². The monoisotopic (exact) mass is 392 g/mol. The van der Waals surface area contributed by atoms with Crippen molar-refractivity contribution in [3.63, 3.8) is 0 Å². The molecule has 0 atom stereocenters. The molecule has 146 valence electrons. The molecule has 1 saturated heterocycles. The van der Waals surface area contributed by atoms with E-state index in [4.69, 9.17) is 4.74 Å². The van der Waals surface area contributed by atoms with Gasteiger partial charge in [-0.05, 0) is 56.7 Å². The number of para-hydroxylation sites is 2. The van der Waals surface area contributed by atoms with Gasteiger partial charge in [-0.25, -0.2) is 12.8 Å². The Morgan fingerprint density at radius 1 is 1.04 bits per heavy atom. The molecular formula is C20H25FN2O3S. The number of halogens is 1. The van der Waals surface area contributed by atoms with E-state index in [0.29, 0.717) is 31.7 Å². The summed E-state index contributed by atoms with van der Waals surface area (Å²) in [4.78, 5) is 2.31. The number of aryl methyl sites for hydroxylation is 1. The Hall–Kier alpha value is -2.12. The molecule has 7 heteroatoms. The molecule has 2 aromatic carbocycles. The number of rotatable bonds is 5. The van der Waals surface area contributed by atoms with Crippen LogP contribution < -0.4 is 9.64 Å². The van der Waals surface area contributed by atoms with Crippen LogP contribution in [0.15, 0.2) is 47.4 Å². The van der Waals surface area contributed by atoms with Crippen LogP contribution in [0.25, 0.3) is 0 Å². The molecule has 1 aliphatic rings. The van der Waals surface area contributed by atoms with E-state index in [1.54, 1.807) is 6.92 Å². The van der Waals surface area contributed by atoms with Crippen molar-refractivity contribution in [2.45, 2.75) is 31.8 Å². The topological polar surface area (TPSA) is 49.9 Å². The van der Waals surface area contributed by atoms with E-state index in [0.717, 1.165) is 11.4 Å². The number of benzene rings is 2. The Morgan fingerprint density at radius 3 is 2.33 bits per heavy atom. The van der Waals surface area contributed by atoms with Crippen LogP contribution in [0.1, 0.15) is 19.4 Å². The van der Waals surface area contributed by atoms with Gasteiger partial charge in [0.2, 0.25) is 10.0 Å². The number of hydrogen-bond acceptors (Lipinski definition) is 4. The lowest BCUT2D eigenvalue weighted by molar-refractivity contribution is 0.242. The predicted octanol–water partition coefficient (Wildman–Crippen LogP) is 3.43. The first-order chi connectivity index (χ1) is 12.8. The van der Waals surface area contributed by atoms with Crippen LogP contribution in [0.2, 0.25) is 0 Å². The molecule has 0 spiro atoms. The molecular weight excluding hydrogens is 367 g/mol. The Bertz CT molecular complexity index is 907. The molecule has 0 aromatic heterocycles. The zero-order valence-corrected chi connectivity index (χ0v) is 16.7. The van der Waals surface area contributed by atoms with E-state index in [9.17, 15) is 12.8 Å². The van der Waals surface area contributed by atoms with Crippen molar-refractivity contribution < 1.29 is 17.5 Å². The molecule has 0 bridgehead atoms. The fourth-order valence-electron chi connectivity index (χ4n) is 3.28. The van der Waals surface area contributed by atoms with Gasteiger partial charge in [-0.3, -0.25) is 0 Å². The number of anilines is 1. The summed E-state index contributed by atoms with van der Waals surface area (Å²) in [6.45, 7) is 7.45. The van der Waals surface area contributed by atoms with Crippen molar-refractivity contribution >= 4 is 15.7 Å². The Balaban J connectivity index is 1.76. The standard InChI is InChI=1S/C20H25FN2O3S/c1-15(2)26-19-7-5-4-6-18(19)22-10-12-23(13-11-22)27(24,25)20-9-8-17(21)14-16(20)3/h4-9,14-15H,10-13H2,1-3H3. The molecule has 0 aliphatic carbocycles. The Labute approximate surface area is 160 Å². The van der Waals surface area contributed by atoms with Gasteiger partial charge in [-0.1, -0.05) is 12.1 Å². The van der Waals surface area contributed by atoms with Gasteiger partial charge in [0.25, 0.3) is 0 Å². The third kappa shape index (κ3) is 4.25. The van der Waals surface area contributed by atoms with Crippen LogP contribution in [-0.4, -0.2) is 45.0 Å². The lowest BCUT2D eigenvalue weighted by atomic mass is 10.2. The summed E-state index contributed by atoms with van der Waals surface area (Å²) in [5, 5.41) is 0. The van der Waals surface area contributed by atoms with Crippen molar-refractivity contribution in [2.24, 2.45) is 0 Å². The molecule has 5 nitrogen and oxygen atoms in total. The highest BCUT2D eigenvalue weighted by atomic mass is 32.2. The van der Waals surface area contributed by atoms with Crippen LogP contribution in [0.5, 0.6) is 5.75 Å². The largest absolute Gasteiger partial charge is 0.489 e. The zero-order chi connectivity index (χ0) is 19.6. The summed E-state index contributed by atoms with van der Waals surface area (Å²) < 4.78 is 46.5. The first-order valence-electron chi connectivity index (χ1n) is 9.06. The third-order valence-corrected chi connectivity index (χ3v) is 6.62. The van der Waals surface area contributed by atoms with Crippen molar-refractivity contribution in [1.82, 2.24) is 4.31 Å². The molecule has 27 heavy (non-hydrogen) atoms. The van der Waals surface area contributed by atoms with E-state index >= 15 is 0 Å². The summed E-state index contributed by atoms with van der Waals surface area (Å²) in [7, 11) is -3.64. The van der Waals surface area contributed by atoms with Gasteiger partial charge in [0.1, 0.15) is 11.6 Å². The van der Waals surface area contributed by atoms with E-state index in [1.165, 1.54) is 22.5 Å². The number of hydrogen-bond donors (Lipinski definition) is 0. The van der Waals surface area contributed by atoms with Gasteiger partial charge >= 0.3 is 0 Å². The fraction of sp³-hybridized carbons (Fsp3) is 0.400. The van der Waals surface area contributed by atoms with Crippen LogP contribution in [-0.2, 0) is 10.0 Å². The van der Waals surface area contributed by atoms with E-state index in [2.05, 4.69) is 4.90 Å². The summed E-state index contributed by atoms with van der Waals surface area (Å²) in [6, 6.07) is 11.6. The first kappa shape index (κ1) is 19.6. The van der Waals surface area contributed by atoms with Crippen molar-refractivity contribution in [3.8, 4) is 5.75 Å². The minimum atomic E-state index is -3.64. The second kappa shape index (κ2) is 7.86. The molecule has 0 N–H and O–H groups in total. The molecule has 0 unspecified atom stereocenters. The smallest absolute Gasteiger partial charge is 0.243 e.